The Balaban J connectivity index is 1.82. The quantitative estimate of drug-likeness (QED) is 0.841. The average Bonchev–Trinajstić information content (AvgIpc) is 2.95. The first-order valence-electron chi connectivity index (χ1n) is 9.07. The average molecular weight is 343 g/mol. The molecule has 136 valence electrons. The summed E-state index contributed by atoms with van der Waals surface area (Å²) in [4.78, 5) is 22.0. The normalized spacial score (nSPS) is 16.8. The van der Waals surface area contributed by atoms with Crippen LogP contribution in [0.25, 0.3) is 11.0 Å². The number of rotatable bonds is 2. The van der Waals surface area contributed by atoms with Crippen molar-refractivity contribution < 1.29 is 4.79 Å². The van der Waals surface area contributed by atoms with Crippen LogP contribution < -0.4 is 0 Å². The highest BCUT2D eigenvalue weighted by molar-refractivity contribution is 5.98. The summed E-state index contributed by atoms with van der Waals surface area (Å²) in [5.74, 6) is 0.0813. The van der Waals surface area contributed by atoms with Crippen molar-refractivity contribution in [2.24, 2.45) is 0 Å². The minimum absolute atomic E-state index is 0.0813. The van der Waals surface area contributed by atoms with Crippen LogP contribution in [0.5, 0.6) is 0 Å². The fraction of sp³-hybridized carbons (Fsp3) is 0.632. The minimum atomic E-state index is 0.0813. The zero-order valence-corrected chi connectivity index (χ0v) is 16.2. The summed E-state index contributed by atoms with van der Waals surface area (Å²) >= 11 is 0. The molecule has 0 bridgehead atoms. The Morgan fingerprint density at radius 1 is 1.16 bits per heavy atom. The number of fused-ring (bicyclic) bond motifs is 1. The van der Waals surface area contributed by atoms with Gasteiger partial charge in [0.15, 0.2) is 5.65 Å². The number of amides is 1. The lowest BCUT2D eigenvalue weighted by atomic mass is 10.0. The van der Waals surface area contributed by atoms with Gasteiger partial charge in [-0.25, -0.2) is 9.67 Å². The van der Waals surface area contributed by atoms with Crippen LogP contribution in [-0.2, 0) is 0 Å². The Bertz CT molecular complexity index is 779. The second kappa shape index (κ2) is 6.41. The fourth-order valence-corrected chi connectivity index (χ4v) is 3.41. The molecule has 6 nitrogen and oxygen atoms in total. The zero-order chi connectivity index (χ0) is 18.4. The van der Waals surface area contributed by atoms with Gasteiger partial charge in [0.05, 0.1) is 17.5 Å². The van der Waals surface area contributed by atoms with Crippen LogP contribution in [0.3, 0.4) is 0 Å². The molecular weight excluding hydrogens is 314 g/mol. The predicted octanol–water partition coefficient (Wildman–Crippen LogP) is 2.88. The Morgan fingerprint density at radius 2 is 1.80 bits per heavy atom. The SMILES string of the molecule is Cc1nc2c(cnn2C(C)C)cc1C(=O)N1CCN(C(C)(C)C)CC1. The van der Waals surface area contributed by atoms with Crippen molar-refractivity contribution in [3.8, 4) is 0 Å². The first-order chi connectivity index (χ1) is 11.7. The summed E-state index contributed by atoms with van der Waals surface area (Å²) < 4.78 is 1.90. The molecule has 0 aliphatic carbocycles. The van der Waals surface area contributed by atoms with E-state index in [1.807, 2.05) is 22.6 Å². The van der Waals surface area contributed by atoms with Gasteiger partial charge in [-0.15, -0.1) is 0 Å². The third-order valence-corrected chi connectivity index (χ3v) is 4.99. The van der Waals surface area contributed by atoms with Gasteiger partial charge in [0.25, 0.3) is 5.91 Å². The van der Waals surface area contributed by atoms with Crippen LogP contribution in [0, 0.1) is 6.92 Å². The van der Waals surface area contributed by atoms with Gasteiger partial charge < -0.3 is 4.90 Å². The molecule has 3 rings (SSSR count). The summed E-state index contributed by atoms with van der Waals surface area (Å²) in [7, 11) is 0. The van der Waals surface area contributed by atoms with Gasteiger partial charge in [-0.3, -0.25) is 9.69 Å². The first-order valence-corrected chi connectivity index (χ1v) is 9.07. The standard InChI is InChI=1S/C19H29N5O/c1-13(2)24-17-15(12-20-24)11-16(14(3)21-17)18(25)22-7-9-23(10-8-22)19(4,5)6/h11-13H,7-10H2,1-6H3. The Kier molecular flexibility index (Phi) is 4.58. The van der Waals surface area contributed by atoms with E-state index in [9.17, 15) is 4.79 Å². The maximum atomic E-state index is 13.0. The van der Waals surface area contributed by atoms with Gasteiger partial charge in [0.1, 0.15) is 0 Å². The smallest absolute Gasteiger partial charge is 0.255 e. The number of hydrogen-bond acceptors (Lipinski definition) is 4. The number of aryl methyl sites for hydroxylation is 1. The molecule has 25 heavy (non-hydrogen) atoms. The van der Waals surface area contributed by atoms with Crippen LogP contribution in [0.4, 0.5) is 0 Å². The number of nitrogens with zero attached hydrogens (tertiary/aromatic N) is 5. The van der Waals surface area contributed by atoms with Crippen molar-refractivity contribution in [3.05, 3.63) is 23.5 Å². The predicted molar refractivity (Wildman–Crippen MR) is 99.9 cm³/mol. The Labute approximate surface area is 149 Å². The molecule has 0 spiro atoms. The molecular formula is C19H29N5O. The Hall–Kier alpha value is -1.95. The summed E-state index contributed by atoms with van der Waals surface area (Å²) in [5.41, 5.74) is 2.47. The number of carbonyl (C=O) groups excluding carboxylic acids is 1. The maximum Gasteiger partial charge on any atom is 0.255 e. The van der Waals surface area contributed by atoms with Crippen molar-refractivity contribution in [2.45, 2.75) is 53.1 Å². The summed E-state index contributed by atoms with van der Waals surface area (Å²) in [5, 5.41) is 5.34. The van der Waals surface area contributed by atoms with Gasteiger partial charge in [0.2, 0.25) is 0 Å². The van der Waals surface area contributed by atoms with Gasteiger partial charge >= 0.3 is 0 Å². The third-order valence-electron chi connectivity index (χ3n) is 4.99. The van der Waals surface area contributed by atoms with E-state index >= 15 is 0 Å². The van der Waals surface area contributed by atoms with Crippen molar-refractivity contribution in [1.82, 2.24) is 24.6 Å². The van der Waals surface area contributed by atoms with E-state index in [0.29, 0.717) is 5.56 Å². The first kappa shape index (κ1) is 17.9. The molecule has 6 heteroatoms. The summed E-state index contributed by atoms with van der Waals surface area (Å²) in [6.07, 6.45) is 1.80. The number of aromatic nitrogens is 3. The molecule has 0 aromatic carbocycles. The highest BCUT2D eigenvalue weighted by Crippen LogP contribution is 2.22. The monoisotopic (exact) mass is 343 g/mol. The highest BCUT2D eigenvalue weighted by Gasteiger charge is 2.29. The summed E-state index contributed by atoms with van der Waals surface area (Å²) in [6.45, 7) is 16.1. The van der Waals surface area contributed by atoms with E-state index in [1.54, 1.807) is 6.20 Å². The van der Waals surface area contributed by atoms with E-state index in [-0.39, 0.29) is 17.5 Å². The second-order valence-corrected chi connectivity index (χ2v) is 8.17. The zero-order valence-electron chi connectivity index (χ0n) is 16.2. The molecule has 2 aromatic heterocycles. The van der Waals surface area contributed by atoms with E-state index in [1.165, 1.54) is 0 Å². The molecule has 1 fully saturated rings. The molecule has 0 radical (unpaired) electrons. The van der Waals surface area contributed by atoms with Crippen LogP contribution in [0.15, 0.2) is 12.3 Å². The molecule has 1 saturated heterocycles. The number of carbonyl (C=O) groups is 1. The lowest BCUT2D eigenvalue weighted by Crippen LogP contribution is -2.54. The van der Waals surface area contributed by atoms with Gasteiger partial charge in [-0.1, -0.05) is 0 Å². The Morgan fingerprint density at radius 3 is 2.36 bits per heavy atom. The molecule has 0 atom stereocenters. The number of hydrogen-bond donors (Lipinski definition) is 0. The van der Waals surface area contributed by atoms with E-state index in [4.69, 9.17) is 0 Å². The number of piperazine rings is 1. The maximum absolute atomic E-state index is 13.0. The molecule has 3 heterocycles. The molecule has 1 amide bonds. The van der Waals surface area contributed by atoms with Crippen LogP contribution in [0.2, 0.25) is 0 Å². The topological polar surface area (TPSA) is 54.3 Å². The van der Waals surface area contributed by atoms with E-state index in [0.717, 1.165) is 42.9 Å². The van der Waals surface area contributed by atoms with Crippen molar-refractivity contribution in [3.63, 3.8) is 0 Å². The molecule has 1 aliphatic rings. The summed E-state index contributed by atoms with van der Waals surface area (Å²) in [6, 6.07) is 2.19. The van der Waals surface area contributed by atoms with E-state index < -0.39 is 0 Å². The molecule has 0 unspecified atom stereocenters. The van der Waals surface area contributed by atoms with Gasteiger partial charge in [0, 0.05) is 43.1 Å². The van der Waals surface area contributed by atoms with Gasteiger partial charge in [-0.2, -0.15) is 5.10 Å². The molecule has 2 aromatic rings. The van der Waals surface area contributed by atoms with Crippen LogP contribution in [0.1, 0.15) is 56.7 Å². The third kappa shape index (κ3) is 3.40. The van der Waals surface area contributed by atoms with Gasteiger partial charge in [-0.05, 0) is 47.6 Å². The lowest BCUT2D eigenvalue weighted by molar-refractivity contribution is 0.0450. The van der Waals surface area contributed by atoms with Crippen LogP contribution in [-0.4, -0.2) is 62.2 Å². The van der Waals surface area contributed by atoms with Crippen molar-refractivity contribution >= 4 is 16.9 Å². The number of pyridine rings is 1. The molecule has 0 saturated carbocycles. The van der Waals surface area contributed by atoms with Crippen molar-refractivity contribution in [1.29, 1.82) is 0 Å². The van der Waals surface area contributed by atoms with E-state index in [2.05, 4.69) is 49.6 Å². The lowest BCUT2D eigenvalue weighted by Gasteiger charge is -2.42. The van der Waals surface area contributed by atoms with Crippen LogP contribution >= 0.6 is 0 Å². The molecule has 1 aliphatic heterocycles. The molecule has 0 N–H and O–H groups in total. The second-order valence-electron chi connectivity index (χ2n) is 8.17. The fourth-order valence-electron chi connectivity index (χ4n) is 3.41. The highest BCUT2D eigenvalue weighted by atomic mass is 16.2. The minimum Gasteiger partial charge on any atom is -0.336 e. The van der Waals surface area contributed by atoms with Crippen molar-refractivity contribution in [2.75, 3.05) is 26.2 Å². The largest absolute Gasteiger partial charge is 0.336 e.